The van der Waals surface area contributed by atoms with Gasteiger partial charge in [0.15, 0.2) is 11.0 Å². The van der Waals surface area contributed by atoms with Crippen molar-refractivity contribution in [3.05, 3.63) is 35.2 Å². The number of halogens is 1. The highest BCUT2D eigenvalue weighted by atomic mass is 35.5. The van der Waals surface area contributed by atoms with Gasteiger partial charge in [-0.05, 0) is 12.1 Å². The molecule has 0 unspecified atom stereocenters. The summed E-state index contributed by atoms with van der Waals surface area (Å²) in [5.41, 5.74) is 0.712. The summed E-state index contributed by atoms with van der Waals surface area (Å²) in [6, 6.07) is 3.33. The Morgan fingerprint density at radius 1 is 1.41 bits per heavy atom. The van der Waals surface area contributed by atoms with Gasteiger partial charge >= 0.3 is 0 Å². The lowest BCUT2D eigenvalue weighted by Crippen LogP contribution is -1.98. The molecule has 84 valence electrons. The number of nitrogens with zero attached hydrogens (tertiary/aromatic N) is 4. The number of hydrogen-bond donors (Lipinski definition) is 0. The van der Waals surface area contributed by atoms with E-state index in [0.717, 1.165) is 6.29 Å². The average Bonchev–Trinajstić information content (AvgIpc) is 2.79. The lowest BCUT2D eigenvalue weighted by atomic mass is 10.3. The van der Waals surface area contributed by atoms with Crippen LogP contribution in [0.15, 0.2) is 24.5 Å². The summed E-state index contributed by atoms with van der Waals surface area (Å²) in [6.07, 6.45) is 4.26. The van der Waals surface area contributed by atoms with Crippen LogP contribution < -0.4 is 0 Å². The third-order valence-electron chi connectivity index (χ3n) is 1.85. The maximum Gasteiger partial charge on any atom is 0.175 e. The molecule has 0 atom stereocenters. The molecular formula is C11H7ClN4O. The summed E-state index contributed by atoms with van der Waals surface area (Å²) in [7, 11) is 0. The van der Waals surface area contributed by atoms with Crippen molar-refractivity contribution >= 4 is 17.9 Å². The second-order valence-corrected chi connectivity index (χ2v) is 3.45. The SMILES string of the molecule is O=CCC#Cc1cnn(-c2ccc(Cl)nn2)c1. The molecule has 5 nitrogen and oxygen atoms in total. The van der Waals surface area contributed by atoms with Crippen molar-refractivity contribution in [3.63, 3.8) is 0 Å². The van der Waals surface area contributed by atoms with Gasteiger partial charge in [-0.15, -0.1) is 10.2 Å². The fourth-order valence-electron chi connectivity index (χ4n) is 1.14. The number of hydrogen-bond acceptors (Lipinski definition) is 4. The number of rotatable bonds is 2. The minimum absolute atomic E-state index is 0.214. The first-order valence-electron chi connectivity index (χ1n) is 4.76. The van der Waals surface area contributed by atoms with Crippen molar-refractivity contribution in [2.24, 2.45) is 0 Å². The van der Waals surface area contributed by atoms with E-state index in [9.17, 15) is 4.79 Å². The number of carbonyl (C=O) groups excluding carboxylic acids is 1. The van der Waals surface area contributed by atoms with Gasteiger partial charge in [0, 0.05) is 6.20 Å². The van der Waals surface area contributed by atoms with Crippen molar-refractivity contribution in [2.45, 2.75) is 6.42 Å². The molecule has 0 aromatic carbocycles. The van der Waals surface area contributed by atoms with Crippen molar-refractivity contribution in [3.8, 4) is 17.7 Å². The molecule has 2 heterocycles. The largest absolute Gasteiger partial charge is 0.302 e. The zero-order valence-electron chi connectivity index (χ0n) is 8.67. The Kier molecular flexibility index (Phi) is 3.48. The van der Waals surface area contributed by atoms with Gasteiger partial charge in [-0.1, -0.05) is 23.4 Å². The Bertz CT molecular complexity index is 580. The van der Waals surface area contributed by atoms with E-state index in [1.165, 1.54) is 4.68 Å². The Morgan fingerprint density at radius 2 is 2.29 bits per heavy atom. The molecule has 0 aliphatic carbocycles. The van der Waals surface area contributed by atoms with E-state index >= 15 is 0 Å². The molecule has 17 heavy (non-hydrogen) atoms. The Hall–Kier alpha value is -2.19. The van der Waals surface area contributed by atoms with E-state index in [4.69, 9.17) is 11.6 Å². The van der Waals surface area contributed by atoms with Crippen LogP contribution in [-0.2, 0) is 4.79 Å². The minimum Gasteiger partial charge on any atom is -0.302 e. The maximum absolute atomic E-state index is 10.1. The first-order chi connectivity index (χ1) is 8.29. The molecule has 0 bridgehead atoms. The molecule has 0 spiro atoms. The molecule has 0 saturated carbocycles. The molecular weight excluding hydrogens is 240 g/mol. The maximum atomic E-state index is 10.1. The normalized spacial score (nSPS) is 9.47. The molecule has 0 amide bonds. The van der Waals surface area contributed by atoms with E-state index in [-0.39, 0.29) is 6.42 Å². The van der Waals surface area contributed by atoms with Crippen LogP contribution in [0.25, 0.3) is 5.82 Å². The van der Waals surface area contributed by atoms with Gasteiger partial charge in [0.1, 0.15) is 6.29 Å². The van der Waals surface area contributed by atoms with Crippen LogP contribution in [0, 0.1) is 11.8 Å². The third-order valence-corrected chi connectivity index (χ3v) is 2.05. The first-order valence-corrected chi connectivity index (χ1v) is 5.14. The Balaban J connectivity index is 2.21. The van der Waals surface area contributed by atoms with Crippen molar-refractivity contribution < 1.29 is 4.79 Å². The monoisotopic (exact) mass is 246 g/mol. The molecule has 0 radical (unpaired) electrons. The predicted molar refractivity (Wildman–Crippen MR) is 61.7 cm³/mol. The summed E-state index contributed by atoms with van der Waals surface area (Å²) in [5.74, 6) is 6.06. The fraction of sp³-hybridized carbons (Fsp3) is 0.0909. The van der Waals surface area contributed by atoms with Crippen LogP contribution in [0.1, 0.15) is 12.0 Å². The van der Waals surface area contributed by atoms with Crippen LogP contribution in [0.5, 0.6) is 0 Å². The molecule has 6 heteroatoms. The molecule has 0 aliphatic rings. The van der Waals surface area contributed by atoms with Gasteiger partial charge in [-0.25, -0.2) is 4.68 Å². The Labute approximate surface area is 102 Å². The minimum atomic E-state index is 0.214. The highest BCUT2D eigenvalue weighted by Crippen LogP contribution is 2.07. The molecule has 0 saturated heterocycles. The van der Waals surface area contributed by atoms with Crippen LogP contribution >= 0.6 is 11.6 Å². The predicted octanol–water partition coefficient (Wildman–Crippen LogP) is 1.26. The fourth-order valence-corrected chi connectivity index (χ4v) is 1.24. The van der Waals surface area contributed by atoms with Gasteiger partial charge < -0.3 is 4.79 Å². The molecule has 0 fully saturated rings. The van der Waals surface area contributed by atoms with Gasteiger partial charge in [0.05, 0.1) is 18.2 Å². The van der Waals surface area contributed by atoms with Gasteiger partial charge in [-0.3, -0.25) is 0 Å². The van der Waals surface area contributed by atoms with Crippen molar-refractivity contribution in [1.29, 1.82) is 0 Å². The topological polar surface area (TPSA) is 60.7 Å². The molecule has 2 rings (SSSR count). The van der Waals surface area contributed by atoms with Crippen LogP contribution in [0.2, 0.25) is 5.15 Å². The van der Waals surface area contributed by atoms with Gasteiger partial charge in [0.25, 0.3) is 0 Å². The quantitative estimate of drug-likeness (QED) is 0.591. The highest BCUT2D eigenvalue weighted by molar-refractivity contribution is 6.29. The molecule has 0 N–H and O–H groups in total. The first kappa shape index (κ1) is 11.3. The summed E-state index contributed by atoms with van der Waals surface area (Å²) in [6.45, 7) is 0. The van der Waals surface area contributed by atoms with Gasteiger partial charge in [-0.2, -0.15) is 5.10 Å². The lowest BCUT2D eigenvalue weighted by Gasteiger charge is -1.96. The standard InChI is InChI=1S/C11H7ClN4O/c12-10-4-5-11(15-14-10)16-8-9(7-13-16)3-1-2-6-17/h4-8H,2H2. The molecule has 0 aliphatic heterocycles. The Morgan fingerprint density at radius 3 is 3.00 bits per heavy atom. The van der Waals surface area contributed by atoms with E-state index < -0.39 is 0 Å². The summed E-state index contributed by atoms with van der Waals surface area (Å²) in [5, 5.41) is 12.0. The molecule has 2 aromatic heterocycles. The summed E-state index contributed by atoms with van der Waals surface area (Å²) >= 11 is 5.63. The average molecular weight is 247 g/mol. The van der Waals surface area contributed by atoms with Crippen LogP contribution in [-0.4, -0.2) is 26.3 Å². The lowest BCUT2D eigenvalue weighted by molar-refractivity contribution is -0.107. The van der Waals surface area contributed by atoms with E-state index in [0.29, 0.717) is 16.5 Å². The molecule has 2 aromatic rings. The van der Waals surface area contributed by atoms with Crippen LogP contribution in [0.3, 0.4) is 0 Å². The second kappa shape index (κ2) is 5.23. The van der Waals surface area contributed by atoms with E-state index in [1.807, 2.05) is 0 Å². The number of aldehydes is 1. The number of carbonyl (C=O) groups is 1. The smallest absolute Gasteiger partial charge is 0.175 e. The second-order valence-electron chi connectivity index (χ2n) is 3.06. The zero-order valence-corrected chi connectivity index (χ0v) is 9.42. The zero-order chi connectivity index (χ0) is 12.1. The summed E-state index contributed by atoms with van der Waals surface area (Å²) in [4.78, 5) is 10.1. The third kappa shape index (κ3) is 2.89. The summed E-state index contributed by atoms with van der Waals surface area (Å²) < 4.78 is 1.54. The van der Waals surface area contributed by atoms with Crippen molar-refractivity contribution in [2.75, 3.05) is 0 Å². The van der Waals surface area contributed by atoms with E-state index in [1.54, 1.807) is 24.5 Å². The van der Waals surface area contributed by atoms with Crippen molar-refractivity contribution in [1.82, 2.24) is 20.0 Å². The van der Waals surface area contributed by atoms with Crippen LogP contribution in [0.4, 0.5) is 0 Å². The van der Waals surface area contributed by atoms with Gasteiger partial charge in [0.2, 0.25) is 0 Å². The number of aromatic nitrogens is 4. The highest BCUT2D eigenvalue weighted by Gasteiger charge is 2.00. The van der Waals surface area contributed by atoms with E-state index in [2.05, 4.69) is 27.1 Å².